The van der Waals surface area contributed by atoms with E-state index in [4.69, 9.17) is 4.42 Å². The summed E-state index contributed by atoms with van der Waals surface area (Å²) in [5.41, 5.74) is -0.419. The van der Waals surface area contributed by atoms with E-state index in [1.807, 2.05) is 34.6 Å². The summed E-state index contributed by atoms with van der Waals surface area (Å²) in [5, 5.41) is 12.9. The van der Waals surface area contributed by atoms with Crippen molar-refractivity contribution in [3.63, 3.8) is 0 Å². The monoisotopic (exact) mass is 421 g/mol. The van der Waals surface area contributed by atoms with Gasteiger partial charge in [0.25, 0.3) is 11.8 Å². The lowest BCUT2D eigenvalue weighted by Crippen LogP contribution is -2.49. The maximum atomic E-state index is 12.8. The van der Waals surface area contributed by atoms with E-state index in [-0.39, 0.29) is 17.7 Å². The summed E-state index contributed by atoms with van der Waals surface area (Å²) in [4.78, 5) is 50.7. The topological polar surface area (TPSA) is 134 Å². The van der Waals surface area contributed by atoms with Gasteiger partial charge in [0, 0.05) is 5.41 Å². The zero-order valence-electron chi connectivity index (χ0n) is 18.6. The fourth-order valence-corrected chi connectivity index (χ4v) is 3.01. The maximum Gasteiger partial charge on any atom is 0.325 e. The van der Waals surface area contributed by atoms with E-state index in [2.05, 4.69) is 20.8 Å². The van der Waals surface area contributed by atoms with E-state index in [1.165, 1.54) is 0 Å². The van der Waals surface area contributed by atoms with Gasteiger partial charge >= 0.3 is 6.03 Å². The molecule has 0 spiro atoms. The van der Waals surface area contributed by atoms with Gasteiger partial charge in [0.2, 0.25) is 17.6 Å². The molecule has 10 nitrogen and oxygen atoms in total. The van der Waals surface area contributed by atoms with Gasteiger partial charge in [-0.1, -0.05) is 48.5 Å². The number of hydrogen-bond acceptors (Lipinski definition) is 7. The first-order valence-corrected chi connectivity index (χ1v) is 10.1. The lowest BCUT2D eigenvalue weighted by molar-refractivity contribution is -0.132. The number of carbonyl (C=O) groups is 4. The predicted molar refractivity (Wildman–Crippen MR) is 108 cm³/mol. The Balaban J connectivity index is 2.07. The third kappa shape index (κ3) is 5.43. The van der Waals surface area contributed by atoms with Gasteiger partial charge in [-0.05, 0) is 18.3 Å². The van der Waals surface area contributed by atoms with Crippen LogP contribution < -0.4 is 10.6 Å². The Morgan fingerprint density at radius 2 is 1.80 bits per heavy atom. The van der Waals surface area contributed by atoms with Crippen LogP contribution in [0.25, 0.3) is 0 Å². The quantitative estimate of drug-likeness (QED) is 0.481. The normalized spacial score (nSPS) is 18.2. The number of ketones is 1. The van der Waals surface area contributed by atoms with Crippen molar-refractivity contribution in [2.75, 3.05) is 6.54 Å². The number of imide groups is 1. The minimum Gasteiger partial charge on any atom is -0.418 e. The number of nitrogens with one attached hydrogen (secondary N) is 2. The molecule has 10 heteroatoms. The van der Waals surface area contributed by atoms with Crippen molar-refractivity contribution in [1.29, 1.82) is 0 Å². The lowest BCUT2D eigenvalue weighted by Gasteiger charge is -2.21. The Hall–Kier alpha value is -2.78. The van der Waals surface area contributed by atoms with Crippen molar-refractivity contribution in [1.82, 2.24) is 25.7 Å². The number of aromatic nitrogens is 2. The molecule has 0 aliphatic carbocycles. The van der Waals surface area contributed by atoms with Gasteiger partial charge in [-0.2, -0.15) is 0 Å². The van der Waals surface area contributed by atoms with Crippen molar-refractivity contribution in [3.05, 3.63) is 11.8 Å². The number of Topliss-reactive ketones (excluding diaryl/α,β-unsaturated/α-hetero) is 1. The number of nitrogens with zero attached hydrogens (tertiary/aromatic N) is 3. The van der Waals surface area contributed by atoms with E-state index in [0.717, 1.165) is 4.90 Å². The summed E-state index contributed by atoms with van der Waals surface area (Å²) < 4.78 is 5.49. The van der Waals surface area contributed by atoms with E-state index < -0.39 is 47.7 Å². The molecule has 30 heavy (non-hydrogen) atoms. The van der Waals surface area contributed by atoms with Crippen LogP contribution in [0.5, 0.6) is 0 Å². The molecule has 1 aromatic heterocycles. The molecule has 0 aromatic carbocycles. The Kier molecular flexibility index (Phi) is 6.99. The molecule has 4 amide bonds. The first kappa shape index (κ1) is 23.5. The zero-order chi connectivity index (χ0) is 22.8. The average Bonchev–Trinajstić information content (AvgIpc) is 3.20. The van der Waals surface area contributed by atoms with Crippen molar-refractivity contribution in [3.8, 4) is 0 Å². The highest BCUT2D eigenvalue weighted by atomic mass is 16.4. The smallest absolute Gasteiger partial charge is 0.325 e. The molecule has 1 aliphatic rings. The van der Waals surface area contributed by atoms with E-state index in [0.29, 0.717) is 12.3 Å². The van der Waals surface area contributed by atoms with Gasteiger partial charge in [-0.3, -0.25) is 19.3 Å². The molecule has 1 aliphatic heterocycles. The van der Waals surface area contributed by atoms with Gasteiger partial charge in [0.05, 0.1) is 6.04 Å². The summed E-state index contributed by atoms with van der Waals surface area (Å²) in [7, 11) is 0. The second-order valence-corrected chi connectivity index (χ2v) is 9.37. The van der Waals surface area contributed by atoms with Crippen molar-refractivity contribution < 1.29 is 23.6 Å². The van der Waals surface area contributed by atoms with Gasteiger partial charge in [-0.15, -0.1) is 10.2 Å². The predicted octanol–water partition coefficient (Wildman–Crippen LogP) is 1.66. The first-order chi connectivity index (χ1) is 13.8. The first-order valence-electron chi connectivity index (χ1n) is 10.1. The Labute approximate surface area is 176 Å². The van der Waals surface area contributed by atoms with E-state index in [9.17, 15) is 19.2 Å². The summed E-state index contributed by atoms with van der Waals surface area (Å²) in [5.74, 6) is -1.52. The molecular weight excluding hydrogens is 390 g/mol. The van der Waals surface area contributed by atoms with Crippen molar-refractivity contribution in [2.24, 2.45) is 11.8 Å². The summed E-state index contributed by atoms with van der Waals surface area (Å²) in [6.45, 7) is 12.6. The molecule has 166 valence electrons. The molecule has 1 aromatic rings. The van der Waals surface area contributed by atoms with Gasteiger partial charge in [0.15, 0.2) is 0 Å². The van der Waals surface area contributed by atoms with E-state index in [1.54, 1.807) is 13.8 Å². The molecule has 2 N–H and O–H groups in total. The molecule has 0 bridgehead atoms. The molecule has 0 saturated carbocycles. The SMILES string of the molecule is CC(C)C[C@@H]1NC(=O)N(CC(=O)N[C@H](C(=O)c2nnc(C(C)(C)C)o2)C(C)C)C1=O. The van der Waals surface area contributed by atoms with Crippen LogP contribution >= 0.6 is 0 Å². The highest BCUT2D eigenvalue weighted by Crippen LogP contribution is 2.21. The standard InChI is InChI=1S/C20H31N5O5/c1-10(2)8-12-17(28)25(19(29)21-12)9-13(26)22-14(11(3)4)15(27)16-23-24-18(30-16)20(5,6)7/h10-12,14H,8-9H2,1-7H3,(H,21,29)(H,22,26)/t12-,14-/m0/s1. The van der Waals surface area contributed by atoms with Crippen LogP contribution in [0, 0.1) is 11.8 Å². The highest BCUT2D eigenvalue weighted by molar-refractivity contribution is 6.07. The molecule has 2 rings (SSSR count). The summed E-state index contributed by atoms with van der Waals surface area (Å²) in [6, 6.07) is -2.18. The number of carbonyl (C=O) groups excluding carboxylic acids is 4. The Morgan fingerprint density at radius 1 is 1.17 bits per heavy atom. The Bertz CT molecular complexity index is 824. The largest absolute Gasteiger partial charge is 0.418 e. The summed E-state index contributed by atoms with van der Waals surface area (Å²) >= 11 is 0. The van der Waals surface area contributed by atoms with Crippen LogP contribution in [0.3, 0.4) is 0 Å². The molecule has 0 unspecified atom stereocenters. The van der Waals surface area contributed by atoms with Crippen molar-refractivity contribution >= 4 is 23.6 Å². The van der Waals surface area contributed by atoms with Crippen LogP contribution in [-0.4, -0.2) is 57.4 Å². The van der Waals surface area contributed by atoms with Crippen LogP contribution in [0.4, 0.5) is 4.79 Å². The second-order valence-electron chi connectivity index (χ2n) is 9.37. The number of amides is 4. The van der Waals surface area contributed by atoms with Crippen LogP contribution in [0.1, 0.15) is 71.5 Å². The number of hydrogen-bond donors (Lipinski definition) is 2. The summed E-state index contributed by atoms with van der Waals surface area (Å²) in [6.07, 6.45) is 0.489. The zero-order valence-corrected chi connectivity index (χ0v) is 18.6. The van der Waals surface area contributed by atoms with Gasteiger partial charge in [-0.25, -0.2) is 4.79 Å². The molecular formula is C20H31N5O5. The van der Waals surface area contributed by atoms with Crippen LogP contribution in [0.2, 0.25) is 0 Å². The Morgan fingerprint density at radius 3 is 2.30 bits per heavy atom. The van der Waals surface area contributed by atoms with Crippen molar-refractivity contribution in [2.45, 2.75) is 72.4 Å². The number of urea groups is 1. The maximum absolute atomic E-state index is 12.8. The van der Waals surface area contributed by atoms with Crippen LogP contribution in [0.15, 0.2) is 4.42 Å². The minimum atomic E-state index is -0.932. The fraction of sp³-hybridized carbons (Fsp3) is 0.700. The highest BCUT2D eigenvalue weighted by Gasteiger charge is 2.40. The van der Waals surface area contributed by atoms with E-state index >= 15 is 0 Å². The van der Waals surface area contributed by atoms with Gasteiger partial charge < -0.3 is 15.1 Å². The second kappa shape index (κ2) is 8.93. The molecule has 2 heterocycles. The van der Waals surface area contributed by atoms with Crippen LogP contribution in [-0.2, 0) is 15.0 Å². The lowest BCUT2D eigenvalue weighted by atomic mass is 9.97. The molecule has 1 saturated heterocycles. The van der Waals surface area contributed by atoms with Gasteiger partial charge in [0.1, 0.15) is 12.6 Å². The fourth-order valence-electron chi connectivity index (χ4n) is 3.01. The third-order valence-electron chi connectivity index (χ3n) is 4.66. The molecule has 1 fully saturated rings. The molecule has 0 radical (unpaired) electrons. The molecule has 2 atom stereocenters. The number of rotatable bonds is 8. The average molecular weight is 421 g/mol. The minimum absolute atomic E-state index is 0.189. The third-order valence-corrected chi connectivity index (χ3v) is 4.66.